The van der Waals surface area contributed by atoms with Crippen molar-refractivity contribution in [3.05, 3.63) is 65.5 Å². The molecule has 1 unspecified atom stereocenters. The van der Waals surface area contributed by atoms with Crippen LogP contribution in [0.1, 0.15) is 31.0 Å². The average Bonchev–Trinajstić information content (AvgIpc) is 2.61. The number of nitriles is 1. The lowest BCUT2D eigenvalue weighted by molar-refractivity contribution is -0.130. The van der Waals surface area contributed by atoms with Crippen molar-refractivity contribution < 1.29 is 9.18 Å². The number of nitrogens with zero attached hydrogens (tertiary/aromatic N) is 2. The van der Waals surface area contributed by atoms with E-state index in [4.69, 9.17) is 5.26 Å². The third-order valence-corrected chi connectivity index (χ3v) is 4.87. The molecule has 0 radical (unpaired) electrons. The van der Waals surface area contributed by atoms with Crippen molar-refractivity contribution in [2.75, 3.05) is 12.3 Å². The molecule has 0 aliphatic heterocycles. The zero-order valence-corrected chi connectivity index (χ0v) is 14.5. The first-order valence-electron chi connectivity index (χ1n) is 7.73. The summed E-state index contributed by atoms with van der Waals surface area (Å²) in [5, 5.41) is 8.86. The Labute approximate surface area is 146 Å². The van der Waals surface area contributed by atoms with Gasteiger partial charge >= 0.3 is 0 Å². The Hall–Kier alpha value is -2.32. The Morgan fingerprint density at radius 1 is 1.25 bits per heavy atom. The molecule has 0 N–H and O–H groups in total. The van der Waals surface area contributed by atoms with Crippen molar-refractivity contribution >= 4 is 17.7 Å². The van der Waals surface area contributed by atoms with Gasteiger partial charge in [0, 0.05) is 11.4 Å². The first-order chi connectivity index (χ1) is 11.6. The van der Waals surface area contributed by atoms with Crippen LogP contribution in [0.4, 0.5) is 4.39 Å². The third kappa shape index (κ3) is 4.36. The highest BCUT2D eigenvalue weighted by molar-refractivity contribution is 8.00. The van der Waals surface area contributed by atoms with Crippen LogP contribution in [0.15, 0.2) is 53.4 Å². The monoisotopic (exact) mass is 342 g/mol. The smallest absolute Gasteiger partial charge is 0.233 e. The second-order valence-corrected chi connectivity index (χ2v) is 6.33. The summed E-state index contributed by atoms with van der Waals surface area (Å²) in [6.07, 6.45) is 0. The van der Waals surface area contributed by atoms with E-state index in [2.05, 4.69) is 6.07 Å². The summed E-state index contributed by atoms with van der Waals surface area (Å²) in [7, 11) is 0. The Balaban J connectivity index is 2.04. The molecule has 5 heteroatoms. The highest BCUT2D eigenvalue weighted by atomic mass is 32.2. The molecule has 124 valence electrons. The maximum Gasteiger partial charge on any atom is 0.233 e. The number of carbonyl (C=O) groups is 1. The summed E-state index contributed by atoms with van der Waals surface area (Å²) >= 11 is 1.21. The number of halogens is 1. The number of thioether (sulfide) groups is 1. The molecule has 2 rings (SSSR count). The molecule has 0 aromatic heterocycles. The Kier molecular flexibility index (Phi) is 6.39. The van der Waals surface area contributed by atoms with Gasteiger partial charge in [-0.2, -0.15) is 5.26 Å². The maximum absolute atomic E-state index is 13.6. The Bertz CT molecular complexity index is 740. The molecule has 0 fully saturated rings. The van der Waals surface area contributed by atoms with E-state index in [0.29, 0.717) is 17.0 Å². The lowest BCUT2D eigenvalue weighted by Crippen LogP contribution is -2.34. The summed E-state index contributed by atoms with van der Waals surface area (Å²) in [6, 6.07) is 15.7. The minimum absolute atomic E-state index is 0.0392. The second-order valence-electron chi connectivity index (χ2n) is 5.31. The largest absolute Gasteiger partial charge is 0.335 e. The van der Waals surface area contributed by atoms with Gasteiger partial charge in [-0.3, -0.25) is 4.79 Å². The number of hydrogen-bond donors (Lipinski definition) is 0. The van der Waals surface area contributed by atoms with E-state index in [1.54, 1.807) is 35.2 Å². The summed E-state index contributed by atoms with van der Waals surface area (Å²) in [5.41, 5.74) is 1.57. The predicted molar refractivity (Wildman–Crippen MR) is 94.1 cm³/mol. The number of rotatable bonds is 6. The van der Waals surface area contributed by atoms with Gasteiger partial charge in [0.1, 0.15) is 5.82 Å². The Morgan fingerprint density at radius 3 is 2.50 bits per heavy atom. The van der Waals surface area contributed by atoms with E-state index in [-0.39, 0.29) is 23.5 Å². The zero-order valence-electron chi connectivity index (χ0n) is 13.7. The van der Waals surface area contributed by atoms with Crippen molar-refractivity contribution in [3.63, 3.8) is 0 Å². The van der Waals surface area contributed by atoms with Crippen LogP contribution >= 0.6 is 11.8 Å². The van der Waals surface area contributed by atoms with E-state index in [0.717, 1.165) is 5.56 Å². The van der Waals surface area contributed by atoms with Gasteiger partial charge in [-0.15, -0.1) is 11.8 Å². The van der Waals surface area contributed by atoms with Crippen molar-refractivity contribution in [2.45, 2.75) is 24.8 Å². The van der Waals surface area contributed by atoms with Crippen LogP contribution in [0.3, 0.4) is 0 Å². The van der Waals surface area contributed by atoms with Crippen molar-refractivity contribution in [1.29, 1.82) is 5.26 Å². The molecule has 24 heavy (non-hydrogen) atoms. The molecule has 0 aliphatic rings. The van der Waals surface area contributed by atoms with Crippen LogP contribution < -0.4 is 0 Å². The van der Waals surface area contributed by atoms with Crippen molar-refractivity contribution in [1.82, 2.24) is 4.90 Å². The third-order valence-electron chi connectivity index (χ3n) is 3.84. The molecular weight excluding hydrogens is 323 g/mol. The van der Waals surface area contributed by atoms with Crippen LogP contribution in [0.2, 0.25) is 0 Å². The minimum atomic E-state index is -0.307. The first kappa shape index (κ1) is 18.0. The van der Waals surface area contributed by atoms with Gasteiger partial charge in [-0.25, -0.2) is 4.39 Å². The molecule has 0 saturated heterocycles. The van der Waals surface area contributed by atoms with Gasteiger partial charge in [0.05, 0.1) is 23.4 Å². The van der Waals surface area contributed by atoms with E-state index in [1.165, 1.54) is 17.8 Å². The Morgan fingerprint density at radius 2 is 1.92 bits per heavy atom. The van der Waals surface area contributed by atoms with Gasteiger partial charge in [0.15, 0.2) is 0 Å². The van der Waals surface area contributed by atoms with Gasteiger partial charge in [0.25, 0.3) is 0 Å². The van der Waals surface area contributed by atoms with Gasteiger partial charge < -0.3 is 4.90 Å². The van der Waals surface area contributed by atoms with Crippen molar-refractivity contribution in [3.8, 4) is 6.07 Å². The fourth-order valence-electron chi connectivity index (χ4n) is 2.47. The van der Waals surface area contributed by atoms with E-state index in [9.17, 15) is 9.18 Å². The molecule has 0 bridgehead atoms. The fraction of sp³-hybridized carbons (Fsp3) is 0.263. The minimum Gasteiger partial charge on any atom is -0.335 e. The molecule has 3 nitrogen and oxygen atoms in total. The standard InChI is InChI=1S/C19H19FN2OS/c1-3-22(14(2)16-10-8-15(12-21)9-11-16)19(23)13-24-18-7-5-4-6-17(18)20/h4-11,14H,3,13H2,1-2H3. The summed E-state index contributed by atoms with van der Waals surface area (Å²) in [6.45, 7) is 4.44. The van der Waals surface area contributed by atoms with Crippen LogP contribution in [0.5, 0.6) is 0 Å². The van der Waals surface area contributed by atoms with E-state index in [1.807, 2.05) is 26.0 Å². The number of amides is 1. The zero-order chi connectivity index (χ0) is 17.5. The highest BCUT2D eigenvalue weighted by Gasteiger charge is 2.20. The number of carbonyl (C=O) groups excluding carboxylic acids is 1. The van der Waals surface area contributed by atoms with Crippen LogP contribution in [0.25, 0.3) is 0 Å². The maximum atomic E-state index is 13.6. The molecule has 0 heterocycles. The van der Waals surface area contributed by atoms with E-state index >= 15 is 0 Å². The van der Waals surface area contributed by atoms with Gasteiger partial charge in [-0.1, -0.05) is 24.3 Å². The predicted octanol–water partition coefficient (Wildman–Crippen LogP) is 4.40. The molecule has 2 aromatic rings. The fourth-order valence-corrected chi connectivity index (χ4v) is 3.29. The topological polar surface area (TPSA) is 44.1 Å². The normalized spacial score (nSPS) is 11.6. The molecule has 2 aromatic carbocycles. The van der Waals surface area contributed by atoms with Crippen molar-refractivity contribution in [2.24, 2.45) is 0 Å². The highest BCUT2D eigenvalue weighted by Crippen LogP contribution is 2.25. The van der Waals surface area contributed by atoms with Gasteiger partial charge in [0.2, 0.25) is 5.91 Å². The van der Waals surface area contributed by atoms with Gasteiger partial charge in [-0.05, 0) is 43.7 Å². The van der Waals surface area contributed by atoms with Crippen LogP contribution in [-0.2, 0) is 4.79 Å². The second kappa shape index (κ2) is 8.51. The average molecular weight is 342 g/mol. The van der Waals surface area contributed by atoms with Crippen LogP contribution in [0, 0.1) is 17.1 Å². The lowest BCUT2D eigenvalue weighted by atomic mass is 10.1. The summed E-state index contributed by atoms with van der Waals surface area (Å²) in [4.78, 5) is 14.8. The quantitative estimate of drug-likeness (QED) is 0.731. The molecule has 0 aliphatic carbocycles. The number of hydrogen-bond acceptors (Lipinski definition) is 3. The SMILES string of the molecule is CCN(C(=O)CSc1ccccc1F)C(C)c1ccc(C#N)cc1. The molecule has 1 atom stereocenters. The molecule has 1 amide bonds. The summed E-state index contributed by atoms with van der Waals surface area (Å²) in [5.74, 6) is -0.156. The van der Waals surface area contributed by atoms with Crippen LogP contribution in [-0.4, -0.2) is 23.1 Å². The molecular formula is C19H19FN2OS. The lowest BCUT2D eigenvalue weighted by Gasteiger charge is -2.28. The number of benzene rings is 2. The van der Waals surface area contributed by atoms with E-state index < -0.39 is 0 Å². The molecule has 0 saturated carbocycles. The first-order valence-corrected chi connectivity index (χ1v) is 8.72. The molecule has 0 spiro atoms. The summed E-state index contributed by atoms with van der Waals surface area (Å²) < 4.78 is 13.6.